The Labute approximate surface area is 210 Å². The zero-order valence-corrected chi connectivity index (χ0v) is 15.9. The molecule has 4 amide bonds. The van der Waals surface area contributed by atoms with Crippen molar-refractivity contribution >= 4 is 35.2 Å². The van der Waals surface area contributed by atoms with Crippen molar-refractivity contribution in [2.45, 2.75) is 37.7 Å². The van der Waals surface area contributed by atoms with E-state index in [1.54, 1.807) is 0 Å². The molecule has 4 rings (SSSR count). The van der Waals surface area contributed by atoms with Gasteiger partial charge in [0.2, 0.25) is 11.8 Å². The number of fused-ring (bicyclic) bond motifs is 1. The van der Waals surface area contributed by atoms with E-state index in [0.29, 0.717) is 0 Å². The van der Waals surface area contributed by atoms with Crippen LogP contribution in [0.15, 0.2) is 42.3 Å². The van der Waals surface area contributed by atoms with Gasteiger partial charge >= 0.3 is 5.92 Å². The molecule has 1 unspecified atom stereocenters. The van der Waals surface area contributed by atoms with Gasteiger partial charge in [-0.1, -0.05) is 35.8 Å². The maximum absolute atomic E-state index is 15.4. The number of carbonyl (C=O) groups excluding carboxylic acids is 4. The minimum absolute atomic E-state index is 0.636. The molecule has 2 aliphatic rings. The fourth-order valence-corrected chi connectivity index (χ4v) is 2.50. The summed E-state index contributed by atoms with van der Waals surface area (Å²) in [6.07, 6.45) is -8.11. The maximum Gasteiger partial charge on any atom is 0.349 e. The Morgan fingerprint density at radius 3 is 2.78 bits per heavy atom. The van der Waals surface area contributed by atoms with Crippen LogP contribution in [0.3, 0.4) is 0 Å². The maximum atomic E-state index is 15.4. The van der Waals surface area contributed by atoms with Crippen molar-refractivity contribution in [2.24, 2.45) is 0 Å². The van der Waals surface area contributed by atoms with Gasteiger partial charge in [-0.3, -0.25) is 24.5 Å². The van der Waals surface area contributed by atoms with Gasteiger partial charge in [-0.25, -0.2) is 0 Å². The lowest BCUT2D eigenvalue weighted by Crippen LogP contribution is -2.52. The van der Waals surface area contributed by atoms with Crippen molar-refractivity contribution in [3.05, 3.63) is 69.6 Å². The van der Waals surface area contributed by atoms with Crippen LogP contribution < -0.4 is 10.6 Å². The Hall–Kier alpha value is -3.33. The van der Waals surface area contributed by atoms with Crippen molar-refractivity contribution in [3.63, 3.8) is 0 Å². The predicted molar refractivity (Wildman–Crippen MR) is 110 cm³/mol. The number of carbonyl (C=O) groups is 4. The minimum Gasteiger partial charge on any atom is -0.346 e. The first-order valence-corrected chi connectivity index (χ1v) is 8.63. The molecule has 2 heterocycles. The Morgan fingerprint density at radius 1 is 1.34 bits per heavy atom. The summed E-state index contributed by atoms with van der Waals surface area (Å²) in [7, 11) is 0. The van der Waals surface area contributed by atoms with Gasteiger partial charge < -0.3 is 10.2 Å². The number of nitrogens with zero attached hydrogens (tertiary/aromatic N) is 1. The number of halogens is 3. The second kappa shape index (κ2) is 8.31. The normalized spacial score (nSPS) is 33.8. The van der Waals surface area contributed by atoms with Gasteiger partial charge in [0.05, 0.1) is 16.4 Å². The molecule has 1 saturated heterocycles. The fourth-order valence-electron chi connectivity index (χ4n) is 2.40. The zero-order chi connectivity index (χ0) is 38.1. The van der Waals surface area contributed by atoms with Gasteiger partial charge in [-0.2, -0.15) is 8.78 Å². The number of imide groups is 1. The third-order valence-corrected chi connectivity index (χ3v) is 4.05. The summed E-state index contributed by atoms with van der Waals surface area (Å²) in [4.78, 5) is 51.0. The molecule has 1 fully saturated rings. The van der Waals surface area contributed by atoms with E-state index >= 15 is 8.78 Å². The summed E-state index contributed by atoms with van der Waals surface area (Å²) in [6.45, 7) is -7.79. The number of alkyl halides is 2. The molecule has 0 aromatic heterocycles. The van der Waals surface area contributed by atoms with E-state index in [9.17, 15) is 19.2 Å². The van der Waals surface area contributed by atoms with E-state index in [2.05, 4.69) is 0 Å². The fraction of sp³-hybridized carbons (Fsp3) is 0.273. The molecule has 2 aliphatic heterocycles. The van der Waals surface area contributed by atoms with Crippen LogP contribution in [0.2, 0.25) is 6.43 Å². The van der Waals surface area contributed by atoms with Crippen molar-refractivity contribution in [1.29, 1.82) is 0 Å². The minimum atomic E-state index is -5.09. The van der Waals surface area contributed by atoms with Crippen molar-refractivity contribution in [1.82, 2.24) is 15.5 Å². The largest absolute Gasteiger partial charge is 0.349 e. The van der Waals surface area contributed by atoms with Crippen LogP contribution >= 0.6 is 11.6 Å². The summed E-state index contributed by atoms with van der Waals surface area (Å²) >= 11 is 5.59. The lowest BCUT2D eigenvalue weighted by atomic mass is 10.0. The van der Waals surface area contributed by atoms with Crippen LogP contribution in [-0.2, 0) is 33.3 Å². The molecule has 2 aromatic rings. The van der Waals surface area contributed by atoms with E-state index in [-0.39, 0.29) is 0 Å². The van der Waals surface area contributed by atoms with Gasteiger partial charge in [0.25, 0.3) is 11.8 Å². The Bertz CT molecular complexity index is 1880. The van der Waals surface area contributed by atoms with E-state index in [0.717, 1.165) is 5.32 Å². The molecule has 0 spiro atoms. The predicted octanol–water partition coefficient (Wildman–Crippen LogP) is 2.51. The molecule has 32 heavy (non-hydrogen) atoms. The highest BCUT2D eigenvalue weighted by molar-refractivity contribution is 6.30. The lowest BCUT2D eigenvalue weighted by Gasteiger charge is -2.29. The van der Waals surface area contributed by atoms with Gasteiger partial charge in [-0.05, 0) is 35.6 Å². The first-order valence-electron chi connectivity index (χ1n) is 16.7. The highest BCUT2D eigenvalue weighted by Crippen LogP contribution is 2.30. The quantitative estimate of drug-likeness (QED) is 0.645. The monoisotopic (exact) mass is 478 g/mol. The number of benzene rings is 2. The van der Waals surface area contributed by atoms with Gasteiger partial charge in [0.1, 0.15) is 6.02 Å². The summed E-state index contributed by atoms with van der Waals surface area (Å²) in [5, 5.41) is -0.636. The second-order valence-corrected chi connectivity index (χ2v) is 6.29. The lowest BCUT2D eigenvalue weighted by molar-refractivity contribution is -0.147. The molecule has 7 nitrogen and oxygen atoms in total. The molecule has 166 valence electrons. The number of nitrogens with one attached hydrogen (secondary N) is 2. The summed E-state index contributed by atoms with van der Waals surface area (Å²) < 4.78 is 168. The molecule has 1 atom stereocenters. The standard InChI is InChI=1S/C22H18ClF2N3O4/c23-15-4-2-14(3-5-15)22(24,25)21(32)26-10-12-1-6-16-13(9-12)11-28(20(16)31)17-7-8-18(29)27-19(17)30/h1-6,9,17H,7-8,10-11H2,(H,26,32)(H,27,29,30)/i1D,2D,3D,4D,5D,6D,7D2,8D2,9D,10D2,11D2,17D/hD. The van der Waals surface area contributed by atoms with Gasteiger partial charge in [-0.15, -0.1) is 0 Å². The number of hydrogen-bond donors (Lipinski definition) is 2. The van der Waals surface area contributed by atoms with E-state index < -0.39 is 141 Å². The van der Waals surface area contributed by atoms with Gasteiger partial charge in [0, 0.05) is 41.0 Å². The van der Waals surface area contributed by atoms with Crippen molar-refractivity contribution in [3.8, 4) is 0 Å². The molecule has 0 aliphatic carbocycles. The van der Waals surface area contributed by atoms with Crippen LogP contribution in [0.1, 0.15) is 61.7 Å². The zero-order valence-electron chi connectivity index (χ0n) is 32.2. The molecule has 0 radical (unpaired) electrons. The molecule has 2 aromatic carbocycles. The van der Waals surface area contributed by atoms with Crippen LogP contribution in [0.25, 0.3) is 0 Å². The third kappa shape index (κ3) is 4.08. The molecule has 2 N–H and O–H groups in total. The van der Waals surface area contributed by atoms with Crippen LogP contribution in [-0.4, -0.2) is 34.5 Å². The highest BCUT2D eigenvalue weighted by Gasteiger charge is 2.41. The molecular weight excluding hydrogens is 444 g/mol. The van der Waals surface area contributed by atoms with E-state index in [1.165, 1.54) is 0 Å². The average Bonchev–Trinajstić information content (AvgIpc) is 3.19. The first-order chi connectivity index (χ1) is 21.9. The summed E-state index contributed by atoms with van der Waals surface area (Å²) in [6, 6.07) is -14.2. The summed E-state index contributed by atoms with van der Waals surface area (Å²) in [5.41, 5.74) is -6.29. The smallest absolute Gasteiger partial charge is 0.346 e. The van der Waals surface area contributed by atoms with Crippen LogP contribution in [0, 0.1) is 0 Å². The van der Waals surface area contributed by atoms with E-state index in [4.69, 9.17) is 34.9 Å². The van der Waals surface area contributed by atoms with Gasteiger partial charge in [0.15, 0.2) is 1.41 Å². The highest BCUT2D eigenvalue weighted by atomic mass is 35.5. The van der Waals surface area contributed by atoms with Crippen LogP contribution in [0.5, 0.6) is 0 Å². The Balaban J connectivity index is 1.91. The number of amides is 4. The number of piperidine rings is 1. The molecule has 0 bridgehead atoms. The SMILES string of the molecule is [2H]c1c([2H])c(C(F)(F)C(=O)NC([2H])([2H])c2c([2H])c([2H])c3c(c2[2H])C([2H])([2H])N(C2([2H])C(=O)N([2H])C(=O)C([2H])([2H])C2([2H])[2H])C3=O)c([2H])c([2H])c1Cl. The number of rotatable bonds is 5. The Kier molecular flexibility index (Phi) is 2.41. The van der Waals surface area contributed by atoms with Crippen LogP contribution in [0.4, 0.5) is 8.78 Å². The average molecular weight is 479 g/mol. The van der Waals surface area contributed by atoms with E-state index in [1.807, 2.05) is 0 Å². The third-order valence-electron chi connectivity index (χ3n) is 3.86. The van der Waals surface area contributed by atoms with Crippen molar-refractivity contribution in [2.75, 3.05) is 0 Å². The first kappa shape index (κ1) is 9.27. The molecule has 0 saturated carbocycles. The topological polar surface area (TPSA) is 95.6 Å². The second-order valence-electron chi connectivity index (χ2n) is 5.92. The number of hydrogen-bond acceptors (Lipinski definition) is 4. The molecule has 10 heteroatoms. The van der Waals surface area contributed by atoms with Crippen molar-refractivity contribution < 1.29 is 51.3 Å². The Morgan fingerprint density at radius 2 is 2.06 bits per heavy atom. The summed E-state index contributed by atoms with van der Waals surface area (Å²) in [5.74, 6) is -14.2. The molecular formula is C22H18ClF2N3O4.